The van der Waals surface area contributed by atoms with Crippen molar-refractivity contribution >= 4 is 85.5 Å². The van der Waals surface area contributed by atoms with E-state index in [9.17, 15) is 14.4 Å². The van der Waals surface area contributed by atoms with Gasteiger partial charge in [-0.3, -0.25) is 19.3 Å². The molecule has 0 unspecified atom stereocenters. The second-order valence-electron chi connectivity index (χ2n) is 6.43. The maximum absolute atomic E-state index is 12.8. The summed E-state index contributed by atoms with van der Waals surface area (Å²) >= 11 is 14.3. The molecular formula is C20H12BrClN4O4S. The van der Waals surface area contributed by atoms with Crippen molar-refractivity contribution < 1.29 is 18.8 Å². The molecule has 1 atom stereocenters. The Balaban J connectivity index is 1.49. The van der Waals surface area contributed by atoms with E-state index >= 15 is 0 Å². The van der Waals surface area contributed by atoms with Gasteiger partial charge >= 0.3 is 5.91 Å². The van der Waals surface area contributed by atoms with Crippen LogP contribution in [0.5, 0.6) is 0 Å². The molecule has 31 heavy (non-hydrogen) atoms. The predicted octanol–water partition coefficient (Wildman–Crippen LogP) is 3.63. The lowest BCUT2D eigenvalue weighted by atomic mass is 10.1. The van der Waals surface area contributed by atoms with Crippen molar-refractivity contribution in [1.82, 2.24) is 10.7 Å². The lowest BCUT2D eigenvalue weighted by molar-refractivity contribution is -0.130. The minimum atomic E-state index is -1.28. The van der Waals surface area contributed by atoms with Crippen LogP contribution in [-0.2, 0) is 9.59 Å². The quantitative estimate of drug-likeness (QED) is 0.237. The van der Waals surface area contributed by atoms with E-state index in [0.29, 0.717) is 16.3 Å². The van der Waals surface area contributed by atoms with E-state index in [1.165, 1.54) is 4.90 Å². The number of hydrogen-bond acceptors (Lipinski definition) is 6. The van der Waals surface area contributed by atoms with Crippen molar-refractivity contribution in [3.63, 3.8) is 0 Å². The van der Waals surface area contributed by atoms with Crippen molar-refractivity contribution in [2.45, 2.75) is 0 Å². The van der Waals surface area contributed by atoms with Crippen molar-refractivity contribution in [1.29, 1.82) is 0 Å². The van der Waals surface area contributed by atoms with Crippen molar-refractivity contribution in [2.24, 2.45) is 11.0 Å². The first-order chi connectivity index (χ1) is 14.8. The Labute approximate surface area is 194 Å². The van der Waals surface area contributed by atoms with E-state index in [2.05, 4.69) is 31.8 Å². The number of carbonyl (C=O) groups is 3. The summed E-state index contributed by atoms with van der Waals surface area (Å²) in [6.45, 7) is 0. The zero-order chi connectivity index (χ0) is 22.1. The maximum atomic E-state index is 12.8. The van der Waals surface area contributed by atoms with E-state index in [0.717, 1.165) is 16.1 Å². The van der Waals surface area contributed by atoms with E-state index in [-0.39, 0.29) is 10.9 Å². The molecule has 156 valence electrons. The number of fused-ring (bicyclic) bond motifs is 1. The molecular weight excluding hydrogens is 508 g/mol. The number of amides is 3. The van der Waals surface area contributed by atoms with Crippen LogP contribution in [0.4, 0.5) is 5.69 Å². The molecule has 1 aliphatic heterocycles. The Morgan fingerprint density at radius 2 is 1.97 bits per heavy atom. The predicted molar refractivity (Wildman–Crippen MR) is 123 cm³/mol. The number of thiocarbonyl (C=S) groups is 1. The second-order valence-corrected chi connectivity index (χ2v) is 8.17. The van der Waals surface area contributed by atoms with Gasteiger partial charge in [0, 0.05) is 21.1 Å². The summed E-state index contributed by atoms with van der Waals surface area (Å²) in [5.74, 6) is -3.13. The SMILES string of the molecule is O=C(N/N=C/[C@H]1C(=O)NC(=S)N(c2ccc(Cl)cc2)C1=O)c1cc2cc(Br)ccc2o1. The van der Waals surface area contributed by atoms with Gasteiger partial charge in [0.2, 0.25) is 5.91 Å². The van der Waals surface area contributed by atoms with Crippen LogP contribution in [0.1, 0.15) is 10.6 Å². The minimum Gasteiger partial charge on any atom is -0.451 e. The molecule has 0 bridgehead atoms. The number of hydrazone groups is 1. The third kappa shape index (κ3) is 4.36. The Bertz CT molecular complexity index is 1260. The van der Waals surface area contributed by atoms with Gasteiger partial charge in [0.25, 0.3) is 5.91 Å². The van der Waals surface area contributed by atoms with Crippen LogP contribution in [-0.4, -0.2) is 29.0 Å². The Kier molecular flexibility index (Phi) is 5.86. The van der Waals surface area contributed by atoms with Gasteiger partial charge in [-0.05, 0) is 60.7 Å². The molecule has 0 spiro atoms. The summed E-state index contributed by atoms with van der Waals surface area (Å²) in [6, 6.07) is 13.3. The molecule has 4 rings (SSSR count). The fourth-order valence-corrected chi connectivity index (χ4v) is 3.71. The Morgan fingerprint density at radius 1 is 1.23 bits per heavy atom. The fourth-order valence-electron chi connectivity index (χ4n) is 2.91. The molecule has 2 heterocycles. The smallest absolute Gasteiger partial charge is 0.307 e. The topological polar surface area (TPSA) is 104 Å². The Morgan fingerprint density at radius 3 is 2.71 bits per heavy atom. The van der Waals surface area contributed by atoms with E-state index < -0.39 is 23.6 Å². The summed E-state index contributed by atoms with van der Waals surface area (Å²) in [6.07, 6.45) is 1.04. The molecule has 3 amide bonds. The van der Waals surface area contributed by atoms with Crippen molar-refractivity contribution in [3.05, 3.63) is 63.8 Å². The highest BCUT2D eigenvalue weighted by atomic mass is 79.9. The average molecular weight is 520 g/mol. The molecule has 0 aliphatic carbocycles. The lowest BCUT2D eigenvalue weighted by Crippen LogP contribution is -2.58. The lowest BCUT2D eigenvalue weighted by Gasteiger charge is -2.30. The molecule has 1 aromatic heterocycles. The number of rotatable bonds is 4. The summed E-state index contributed by atoms with van der Waals surface area (Å²) in [7, 11) is 0. The van der Waals surface area contributed by atoms with Crippen LogP contribution < -0.4 is 15.6 Å². The number of furan rings is 1. The zero-order valence-corrected chi connectivity index (χ0v) is 18.6. The molecule has 3 aromatic rings. The van der Waals surface area contributed by atoms with Crippen LogP contribution in [0.15, 0.2) is 62.5 Å². The molecule has 1 aliphatic rings. The third-order valence-corrected chi connectivity index (χ3v) is 5.41. The van der Waals surface area contributed by atoms with E-state index in [1.54, 1.807) is 48.5 Å². The van der Waals surface area contributed by atoms with Crippen LogP contribution in [0.25, 0.3) is 11.0 Å². The van der Waals surface area contributed by atoms with Crippen LogP contribution in [0, 0.1) is 5.92 Å². The van der Waals surface area contributed by atoms with E-state index in [1.807, 2.05) is 0 Å². The fraction of sp³-hybridized carbons (Fsp3) is 0.0500. The number of carbonyl (C=O) groups excluding carboxylic acids is 3. The summed E-state index contributed by atoms with van der Waals surface area (Å²) in [5.41, 5.74) is 3.23. The monoisotopic (exact) mass is 518 g/mol. The van der Waals surface area contributed by atoms with Gasteiger partial charge in [0.05, 0.1) is 5.69 Å². The van der Waals surface area contributed by atoms with Gasteiger partial charge in [0.1, 0.15) is 5.58 Å². The maximum Gasteiger partial charge on any atom is 0.307 e. The number of nitrogens with zero attached hydrogens (tertiary/aromatic N) is 2. The molecule has 2 N–H and O–H groups in total. The van der Waals surface area contributed by atoms with Crippen LogP contribution >= 0.6 is 39.7 Å². The number of anilines is 1. The Hall–Kier alpha value is -3.08. The van der Waals surface area contributed by atoms with Gasteiger partial charge < -0.3 is 9.73 Å². The molecule has 11 heteroatoms. The largest absolute Gasteiger partial charge is 0.451 e. The molecule has 8 nitrogen and oxygen atoms in total. The first kappa shape index (κ1) is 21.2. The first-order valence-corrected chi connectivity index (χ1v) is 10.4. The highest BCUT2D eigenvalue weighted by Crippen LogP contribution is 2.24. The normalized spacial score (nSPS) is 16.8. The van der Waals surface area contributed by atoms with Gasteiger partial charge in [-0.1, -0.05) is 27.5 Å². The molecule has 0 radical (unpaired) electrons. The van der Waals surface area contributed by atoms with Crippen LogP contribution in [0.2, 0.25) is 5.02 Å². The second kappa shape index (κ2) is 8.58. The zero-order valence-electron chi connectivity index (χ0n) is 15.5. The minimum absolute atomic E-state index is 0.0358. The number of halogens is 2. The number of benzene rings is 2. The molecule has 1 saturated heterocycles. The van der Waals surface area contributed by atoms with Crippen molar-refractivity contribution in [3.8, 4) is 0 Å². The molecule has 1 fully saturated rings. The highest BCUT2D eigenvalue weighted by molar-refractivity contribution is 9.10. The summed E-state index contributed by atoms with van der Waals surface area (Å²) < 4.78 is 6.32. The van der Waals surface area contributed by atoms with Crippen LogP contribution in [0.3, 0.4) is 0 Å². The summed E-state index contributed by atoms with van der Waals surface area (Å²) in [5, 5.41) is 7.38. The van der Waals surface area contributed by atoms with E-state index in [4.69, 9.17) is 28.2 Å². The summed E-state index contributed by atoms with van der Waals surface area (Å²) in [4.78, 5) is 38.6. The standard InChI is InChI=1S/C20H12BrClN4O4S/c21-11-1-6-15-10(7-11)8-16(30-15)18(28)25-23-9-14-17(27)24-20(31)26(19(14)29)13-4-2-12(22)3-5-13/h1-9,14H,(H,25,28)(H,24,27,31)/b23-9+/t14-/m0/s1. The number of hydrogen-bond donors (Lipinski definition) is 2. The van der Waals surface area contributed by atoms with Gasteiger partial charge in [-0.25, -0.2) is 5.43 Å². The first-order valence-electron chi connectivity index (χ1n) is 8.80. The van der Waals surface area contributed by atoms with Gasteiger partial charge in [0.15, 0.2) is 16.8 Å². The van der Waals surface area contributed by atoms with Gasteiger partial charge in [-0.2, -0.15) is 5.10 Å². The average Bonchev–Trinajstić information content (AvgIpc) is 3.15. The number of nitrogens with one attached hydrogen (secondary N) is 2. The highest BCUT2D eigenvalue weighted by Gasteiger charge is 2.38. The van der Waals surface area contributed by atoms with Gasteiger partial charge in [-0.15, -0.1) is 0 Å². The third-order valence-electron chi connectivity index (χ3n) is 4.38. The van der Waals surface area contributed by atoms with Crippen molar-refractivity contribution in [2.75, 3.05) is 4.90 Å². The molecule has 2 aromatic carbocycles. The molecule has 0 saturated carbocycles.